The highest BCUT2D eigenvalue weighted by Crippen LogP contribution is 2.19. The molecule has 1 atom stereocenters. The summed E-state index contributed by atoms with van der Waals surface area (Å²) in [6.07, 6.45) is -0.809. The molecular formula is C14H22N2O3. The fourth-order valence-electron chi connectivity index (χ4n) is 1.91. The van der Waals surface area contributed by atoms with Crippen LogP contribution in [-0.2, 0) is 0 Å². The molecule has 0 saturated heterocycles. The topological polar surface area (TPSA) is 64.0 Å². The average molecular weight is 266 g/mol. The van der Waals surface area contributed by atoms with E-state index < -0.39 is 6.10 Å². The van der Waals surface area contributed by atoms with E-state index in [2.05, 4.69) is 0 Å². The van der Waals surface area contributed by atoms with Crippen molar-refractivity contribution in [3.63, 3.8) is 0 Å². The van der Waals surface area contributed by atoms with Gasteiger partial charge in [-0.15, -0.1) is 0 Å². The summed E-state index contributed by atoms with van der Waals surface area (Å²) in [6.45, 7) is 5.31. The third-order valence-corrected chi connectivity index (χ3v) is 3.06. The molecule has 19 heavy (non-hydrogen) atoms. The lowest BCUT2D eigenvalue weighted by atomic mass is 10.1. The first-order valence-corrected chi connectivity index (χ1v) is 6.46. The third kappa shape index (κ3) is 4.13. The van der Waals surface area contributed by atoms with Gasteiger partial charge in [-0.3, -0.25) is 0 Å². The van der Waals surface area contributed by atoms with Crippen LogP contribution in [0.4, 0.5) is 4.79 Å². The lowest BCUT2D eigenvalue weighted by molar-refractivity contribution is 0.115. The molecule has 0 fully saturated rings. The molecule has 0 aliphatic carbocycles. The number of amides is 2. The summed E-state index contributed by atoms with van der Waals surface area (Å²) in [7, 11) is 1.66. The first kappa shape index (κ1) is 15.3. The standard InChI is InChI=1S/C14H22N2O3/c1-4-16(5-2)14(19)15(3)10-13(18)11-7-6-8-12(17)9-11/h6-9,13,17-18H,4-5,10H2,1-3H3/t13-/m0/s1. The van der Waals surface area contributed by atoms with Crippen molar-refractivity contribution < 1.29 is 15.0 Å². The van der Waals surface area contributed by atoms with Gasteiger partial charge in [0.25, 0.3) is 0 Å². The Balaban J connectivity index is 2.66. The van der Waals surface area contributed by atoms with Gasteiger partial charge in [0, 0.05) is 20.1 Å². The third-order valence-electron chi connectivity index (χ3n) is 3.06. The van der Waals surface area contributed by atoms with E-state index in [0.29, 0.717) is 18.7 Å². The van der Waals surface area contributed by atoms with Gasteiger partial charge >= 0.3 is 6.03 Å². The van der Waals surface area contributed by atoms with Gasteiger partial charge in [-0.25, -0.2) is 4.79 Å². The zero-order valence-electron chi connectivity index (χ0n) is 11.7. The lowest BCUT2D eigenvalue weighted by Crippen LogP contribution is -2.42. The number of carbonyl (C=O) groups is 1. The van der Waals surface area contributed by atoms with Crippen LogP contribution in [0, 0.1) is 0 Å². The highest BCUT2D eigenvalue weighted by molar-refractivity contribution is 5.74. The molecule has 0 aliphatic heterocycles. The second kappa shape index (κ2) is 6.99. The zero-order valence-corrected chi connectivity index (χ0v) is 11.7. The largest absolute Gasteiger partial charge is 0.508 e. The maximum atomic E-state index is 12.0. The number of phenols is 1. The summed E-state index contributed by atoms with van der Waals surface area (Å²) in [5.74, 6) is 0.106. The van der Waals surface area contributed by atoms with Gasteiger partial charge in [-0.05, 0) is 31.5 Å². The molecule has 0 saturated carbocycles. The molecule has 5 heteroatoms. The maximum absolute atomic E-state index is 12.0. The van der Waals surface area contributed by atoms with Crippen LogP contribution in [0.3, 0.4) is 0 Å². The molecule has 5 nitrogen and oxygen atoms in total. The van der Waals surface area contributed by atoms with Crippen molar-refractivity contribution in [3.05, 3.63) is 29.8 Å². The summed E-state index contributed by atoms with van der Waals surface area (Å²) < 4.78 is 0. The van der Waals surface area contributed by atoms with E-state index in [4.69, 9.17) is 0 Å². The van der Waals surface area contributed by atoms with Crippen LogP contribution in [-0.4, -0.2) is 52.7 Å². The van der Waals surface area contributed by atoms with E-state index in [-0.39, 0.29) is 18.3 Å². The summed E-state index contributed by atoms with van der Waals surface area (Å²) in [6, 6.07) is 6.32. The SMILES string of the molecule is CCN(CC)C(=O)N(C)C[C@H](O)c1cccc(O)c1. The summed E-state index contributed by atoms with van der Waals surface area (Å²) in [5.41, 5.74) is 0.596. The molecule has 0 aromatic heterocycles. The smallest absolute Gasteiger partial charge is 0.319 e. The zero-order chi connectivity index (χ0) is 14.4. The number of carbonyl (C=O) groups excluding carboxylic acids is 1. The number of likely N-dealkylation sites (N-methyl/N-ethyl adjacent to an activating group) is 1. The Kier molecular flexibility index (Phi) is 5.63. The molecule has 2 N–H and O–H groups in total. The molecule has 1 rings (SSSR count). The van der Waals surface area contributed by atoms with E-state index in [1.165, 1.54) is 11.0 Å². The Morgan fingerprint density at radius 1 is 1.32 bits per heavy atom. The molecule has 0 spiro atoms. The normalized spacial score (nSPS) is 12.0. The van der Waals surface area contributed by atoms with Crippen LogP contribution in [0.25, 0.3) is 0 Å². The Bertz CT molecular complexity index is 419. The molecule has 0 radical (unpaired) electrons. The van der Waals surface area contributed by atoms with Crippen LogP contribution < -0.4 is 0 Å². The highest BCUT2D eigenvalue weighted by atomic mass is 16.3. The monoisotopic (exact) mass is 266 g/mol. The van der Waals surface area contributed by atoms with Gasteiger partial charge in [0.05, 0.1) is 12.6 Å². The average Bonchev–Trinajstić information content (AvgIpc) is 2.39. The molecule has 0 heterocycles. The van der Waals surface area contributed by atoms with E-state index in [0.717, 1.165) is 0 Å². The molecule has 106 valence electrons. The number of hydrogen-bond donors (Lipinski definition) is 2. The second-order valence-electron chi connectivity index (χ2n) is 4.45. The molecule has 0 unspecified atom stereocenters. The molecule has 1 aromatic carbocycles. The molecule has 2 amide bonds. The van der Waals surface area contributed by atoms with Crippen molar-refractivity contribution in [2.45, 2.75) is 20.0 Å². The Labute approximate surface area is 114 Å². The van der Waals surface area contributed by atoms with Crippen molar-refractivity contribution in [1.29, 1.82) is 0 Å². The number of benzene rings is 1. The number of phenolic OH excluding ortho intramolecular Hbond substituents is 1. The Morgan fingerprint density at radius 2 is 1.95 bits per heavy atom. The number of aliphatic hydroxyl groups excluding tert-OH is 1. The van der Waals surface area contributed by atoms with E-state index in [1.54, 1.807) is 30.1 Å². The minimum atomic E-state index is -0.809. The predicted octanol–water partition coefficient (Wildman–Crippen LogP) is 1.82. The van der Waals surface area contributed by atoms with E-state index in [1.807, 2.05) is 13.8 Å². The quantitative estimate of drug-likeness (QED) is 0.854. The van der Waals surface area contributed by atoms with E-state index >= 15 is 0 Å². The molecular weight excluding hydrogens is 244 g/mol. The predicted molar refractivity (Wildman–Crippen MR) is 74.0 cm³/mol. The molecule has 1 aromatic rings. The first-order chi connectivity index (χ1) is 8.99. The van der Waals surface area contributed by atoms with Gasteiger partial charge in [0.1, 0.15) is 5.75 Å². The van der Waals surface area contributed by atoms with Crippen LogP contribution in [0.5, 0.6) is 5.75 Å². The summed E-state index contributed by atoms with van der Waals surface area (Å²) in [5, 5.41) is 19.4. The minimum Gasteiger partial charge on any atom is -0.508 e. The van der Waals surface area contributed by atoms with Crippen LogP contribution in [0.15, 0.2) is 24.3 Å². The summed E-state index contributed by atoms with van der Waals surface area (Å²) >= 11 is 0. The molecule has 0 aliphatic rings. The Morgan fingerprint density at radius 3 is 2.47 bits per heavy atom. The summed E-state index contributed by atoms with van der Waals surface area (Å²) in [4.78, 5) is 15.2. The lowest BCUT2D eigenvalue weighted by Gasteiger charge is -2.27. The number of hydrogen-bond acceptors (Lipinski definition) is 3. The number of rotatable bonds is 5. The highest BCUT2D eigenvalue weighted by Gasteiger charge is 2.18. The van der Waals surface area contributed by atoms with Crippen molar-refractivity contribution in [2.75, 3.05) is 26.7 Å². The Hall–Kier alpha value is -1.75. The second-order valence-corrected chi connectivity index (χ2v) is 4.45. The van der Waals surface area contributed by atoms with Crippen LogP contribution in [0.2, 0.25) is 0 Å². The first-order valence-electron chi connectivity index (χ1n) is 6.46. The van der Waals surface area contributed by atoms with Gasteiger partial charge in [0.15, 0.2) is 0 Å². The van der Waals surface area contributed by atoms with Gasteiger partial charge in [-0.1, -0.05) is 12.1 Å². The maximum Gasteiger partial charge on any atom is 0.319 e. The van der Waals surface area contributed by atoms with Crippen molar-refractivity contribution in [2.24, 2.45) is 0 Å². The van der Waals surface area contributed by atoms with Crippen LogP contribution in [0.1, 0.15) is 25.5 Å². The fraction of sp³-hybridized carbons (Fsp3) is 0.500. The molecule has 0 bridgehead atoms. The van der Waals surface area contributed by atoms with Gasteiger partial charge in [0.2, 0.25) is 0 Å². The van der Waals surface area contributed by atoms with Gasteiger partial charge < -0.3 is 20.0 Å². The van der Waals surface area contributed by atoms with Crippen molar-refractivity contribution in [3.8, 4) is 5.75 Å². The number of urea groups is 1. The van der Waals surface area contributed by atoms with Gasteiger partial charge in [-0.2, -0.15) is 0 Å². The number of nitrogens with zero attached hydrogens (tertiary/aromatic N) is 2. The fourth-order valence-corrected chi connectivity index (χ4v) is 1.91. The van der Waals surface area contributed by atoms with Crippen molar-refractivity contribution >= 4 is 6.03 Å². The minimum absolute atomic E-state index is 0.106. The van der Waals surface area contributed by atoms with Crippen molar-refractivity contribution in [1.82, 2.24) is 9.80 Å². The number of aromatic hydroxyl groups is 1. The number of aliphatic hydroxyl groups is 1. The van der Waals surface area contributed by atoms with Crippen LogP contribution >= 0.6 is 0 Å². The van der Waals surface area contributed by atoms with E-state index in [9.17, 15) is 15.0 Å².